The number of aliphatic carboxylic acids is 1. The zero-order valence-corrected chi connectivity index (χ0v) is 13.4. The molecule has 2 aliphatic rings. The van der Waals surface area contributed by atoms with Crippen molar-refractivity contribution in [1.29, 1.82) is 0 Å². The van der Waals surface area contributed by atoms with Crippen molar-refractivity contribution >= 4 is 17.8 Å². The van der Waals surface area contributed by atoms with E-state index in [2.05, 4.69) is 5.32 Å². The molecule has 2 unspecified atom stereocenters. The highest BCUT2D eigenvalue weighted by atomic mass is 16.4. The van der Waals surface area contributed by atoms with Gasteiger partial charge in [0.2, 0.25) is 11.8 Å². The molecule has 124 valence electrons. The Morgan fingerprint density at radius 1 is 1.14 bits per heavy atom. The van der Waals surface area contributed by atoms with Crippen LogP contribution in [-0.4, -0.2) is 45.9 Å². The maximum absolute atomic E-state index is 12.4. The molecule has 2 amide bonds. The molecule has 0 heterocycles. The van der Waals surface area contributed by atoms with Crippen LogP contribution in [0.5, 0.6) is 0 Å². The van der Waals surface area contributed by atoms with Crippen molar-refractivity contribution in [3.05, 3.63) is 0 Å². The Labute approximate surface area is 131 Å². The third-order valence-corrected chi connectivity index (χ3v) is 4.60. The van der Waals surface area contributed by atoms with E-state index in [0.717, 1.165) is 38.5 Å². The van der Waals surface area contributed by atoms with Crippen LogP contribution in [0.1, 0.15) is 58.8 Å². The standard InChI is InChI=1S/C16H26N2O4/c1-10(17-15(20)12-5-3-4-6-12)9-14(19)18(13-7-8-13)11(2)16(21)22/h10-13H,3-9H2,1-2H3,(H,17,20)(H,21,22). The molecule has 0 saturated heterocycles. The number of nitrogens with one attached hydrogen (secondary N) is 1. The fraction of sp³-hybridized carbons (Fsp3) is 0.812. The first kappa shape index (κ1) is 16.8. The van der Waals surface area contributed by atoms with Gasteiger partial charge in [0.25, 0.3) is 0 Å². The molecule has 2 aliphatic carbocycles. The highest BCUT2D eigenvalue weighted by molar-refractivity contribution is 5.85. The van der Waals surface area contributed by atoms with Crippen molar-refractivity contribution in [1.82, 2.24) is 10.2 Å². The number of carbonyl (C=O) groups is 3. The van der Waals surface area contributed by atoms with Gasteiger partial charge < -0.3 is 15.3 Å². The van der Waals surface area contributed by atoms with Crippen molar-refractivity contribution < 1.29 is 19.5 Å². The second kappa shape index (κ2) is 7.11. The number of carboxylic acid groups (broad SMARTS) is 1. The van der Waals surface area contributed by atoms with Crippen LogP contribution >= 0.6 is 0 Å². The molecule has 0 aromatic rings. The van der Waals surface area contributed by atoms with Crippen LogP contribution in [0, 0.1) is 5.92 Å². The summed E-state index contributed by atoms with van der Waals surface area (Å²) >= 11 is 0. The molecule has 2 rings (SSSR count). The lowest BCUT2D eigenvalue weighted by Crippen LogP contribution is -2.47. The van der Waals surface area contributed by atoms with Crippen molar-refractivity contribution in [2.75, 3.05) is 0 Å². The molecule has 22 heavy (non-hydrogen) atoms. The van der Waals surface area contributed by atoms with Crippen LogP contribution in [0.4, 0.5) is 0 Å². The van der Waals surface area contributed by atoms with Crippen molar-refractivity contribution in [2.45, 2.75) is 76.9 Å². The molecule has 0 aromatic heterocycles. The van der Waals surface area contributed by atoms with Crippen LogP contribution in [0.25, 0.3) is 0 Å². The van der Waals surface area contributed by atoms with E-state index in [1.807, 2.05) is 0 Å². The van der Waals surface area contributed by atoms with Gasteiger partial charge in [0.05, 0.1) is 0 Å². The predicted octanol–water partition coefficient (Wildman–Crippen LogP) is 1.54. The Balaban J connectivity index is 1.86. The van der Waals surface area contributed by atoms with Gasteiger partial charge in [0.15, 0.2) is 0 Å². The van der Waals surface area contributed by atoms with Crippen LogP contribution in [0.15, 0.2) is 0 Å². The summed E-state index contributed by atoms with van der Waals surface area (Å²) in [5.41, 5.74) is 0. The van der Waals surface area contributed by atoms with E-state index in [1.165, 1.54) is 4.90 Å². The molecular weight excluding hydrogens is 284 g/mol. The van der Waals surface area contributed by atoms with Gasteiger partial charge in [-0.1, -0.05) is 12.8 Å². The van der Waals surface area contributed by atoms with Crippen LogP contribution < -0.4 is 5.32 Å². The monoisotopic (exact) mass is 310 g/mol. The number of carboxylic acids is 1. The van der Waals surface area contributed by atoms with Crippen LogP contribution in [-0.2, 0) is 14.4 Å². The molecule has 6 nitrogen and oxygen atoms in total. The van der Waals surface area contributed by atoms with E-state index >= 15 is 0 Å². The summed E-state index contributed by atoms with van der Waals surface area (Å²) in [5, 5.41) is 12.0. The van der Waals surface area contributed by atoms with Gasteiger partial charge in [-0.15, -0.1) is 0 Å². The molecule has 0 radical (unpaired) electrons. The van der Waals surface area contributed by atoms with Gasteiger partial charge in [-0.25, -0.2) is 4.79 Å². The van der Waals surface area contributed by atoms with Crippen LogP contribution in [0.3, 0.4) is 0 Å². The van der Waals surface area contributed by atoms with E-state index in [4.69, 9.17) is 5.11 Å². The van der Waals surface area contributed by atoms with Crippen LogP contribution in [0.2, 0.25) is 0 Å². The molecule has 0 aliphatic heterocycles. The SMILES string of the molecule is CC(CC(=O)N(C1CC1)C(C)C(=O)O)NC(=O)C1CCCC1. The maximum Gasteiger partial charge on any atom is 0.326 e. The average Bonchev–Trinajstić information content (AvgIpc) is 3.10. The quantitative estimate of drug-likeness (QED) is 0.746. The normalized spacial score (nSPS) is 21.2. The topological polar surface area (TPSA) is 86.7 Å². The molecule has 2 N–H and O–H groups in total. The lowest BCUT2D eigenvalue weighted by Gasteiger charge is -2.28. The molecular formula is C16H26N2O4. The van der Waals surface area contributed by atoms with E-state index < -0.39 is 12.0 Å². The third kappa shape index (κ3) is 4.21. The fourth-order valence-corrected chi connectivity index (χ4v) is 3.17. The van der Waals surface area contributed by atoms with Gasteiger partial charge >= 0.3 is 5.97 Å². The second-order valence-electron chi connectivity index (χ2n) is 6.64. The summed E-state index contributed by atoms with van der Waals surface area (Å²) in [5.74, 6) is -1.06. The minimum Gasteiger partial charge on any atom is -0.480 e. The Kier molecular flexibility index (Phi) is 5.42. The number of rotatable bonds is 7. The highest BCUT2D eigenvalue weighted by Crippen LogP contribution is 2.30. The molecule has 0 spiro atoms. The minimum atomic E-state index is -0.983. The van der Waals surface area contributed by atoms with Crippen molar-refractivity contribution in [3.63, 3.8) is 0 Å². The lowest BCUT2D eigenvalue weighted by atomic mass is 10.1. The fourth-order valence-electron chi connectivity index (χ4n) is 3.17. The number of carbonyl (C=O) groups excluding carboxylic acids is 2. The molecule has 2 atom stereocenters. The second-order valence-corrected chi connectivity index (χ2v) is 6.64. The summed E-state index contributed by atoms with van der Waals surface area (Å²) < 4.78 is 0. The van der Waals surface area contributed by atoms with E-state index in [-0.39, 0.29) is 36.2 Å². The summed E-state index contributed by atoms with van der Waals surface area (Å²) in [4.78, 5) is 37.1. The van der Waals surface area contributed by atoms with Gasteiger partial charge in [0.1, 0.15) is 6.04 Å². The number of hydrogen-bond acceptors (Lipinski definition) is 3. The first-order valence-electron chi connectivity index (χ1n) is 8.24. The Morgan fingerprint density at radius 3 is 2.23 bits per heavy atom. The average molecular weight is 310 g/mol. The predicted molar refractivity (Wildman–Crippen MR) is 81.1 cm³/mol. The van der Waals surface area contributed by atoms with Crippen molar-refractivity contribution in [2.24, 2.45) is 5.92 Å². The molecule has 2 fully saturated rings. The number of hydrogen-bond donors (Lipinski definition) is 2. The first-order valence-corrected chi connectivity index (χ1v) is 8.24. The molecule has 0 bridgehead atoms. The Hall–Kier alpha value is -1.59. The van der Waals surface area contributed by atoms with Gasteiger partial charge in [-0.2, -0.15) is 0 Å². The third-order valence-electron chi connectivity index (χ3n) is 4.60. The summed E-state index contributed by atoms with van der Waals surface area (Å²) in [6.07, 6.45) is 5.94. The largest absolute Gasteiger partial charge is 0.480 e. The number of nitrogens with zero attached hydrogens (tertiary/aromatic N) is 1. The smallest absolute Gasteiger partial charge is 0.326 e. The lowest BCUT2D eigenvalue weighted by molar-refractivity contribution is -0.150. The van der Waals surface area contributed by atoms with Crippen molar-refractivity contribution in [3.8, 4) is 0 Å². The summed E-state index contributed by atoms with van der Waals surface area (Å²) in [6.45, 7) is 3.35. The van der Waals surface area contributed by atoms with Gasteiger partial charge in [0, 0.05) is 24.4 Å². The summed E-state index contributed by atoms with van der Waals surface area (Å²) in [6, 6.07) is -1.02. The Morgan fingerprint density at radius 2 is 1.73 bits per heavy atom. The van der Waals surface area contributed by atoms with E-state index in [0.29, 0.717) is 0 Å². The maximum atomic E-state index is 12.4. The molecule has 2 saturated carbocycles. The Bertz CT molecular complexity index is 441. The first-order chi connectivity index (χ1) is 10.4. The zero-order valence-electron chi connectivity index (χ0n) is 13.4. The molecule has 0 aromatic carbocycles. The van der Waals surface area contributed by atoms with E-state index in [1.54, 1.807) is 13.8 Å². The van der Waals surface area contributed by atoms with Gasteiger partial charge in [-0.05, 0) is 39.5 Å². The molecule has 6 heteroatoms. The highest BCUT2D eigenvalue weighted by Gasteiger charge is 2.38. The van der Waals surface area contributed by atoms with Gasteiger partial charge in [-0.3, -0.25) is 9.59 Å². The zero-order chi connectivity index (χ0) is 16.3. The minimum absolute atomic E-state index is 0.0297. The summed E-state index contributed by atoms with van der Waals surface area (Å²) in [7, 11) is 0. The van der Waals surface area contributed by atoms with E-state index in [9.17, 15) is 14.4 Å². The number of amides is 2.